The number of nitrogen functional groups attached to an aromatic ring is 1. The normalized spacial score (nSPS) is 19.5. The number of rotatable bonds is 9. The number of thiazole rings is 1. The van der Waals surface area contributed by atoms with Crippen molar-refractivity contribution < 1.29 is 24.3 Å². The lowest BCUT2D eigenvalue weighted by Crippen LogP contribution is -2.71. The summed E-state index contributed by atoms with van der Waals surface area (Å²) in [5.74, 6) is 0.0813. The molecule has 2 aromatic rings. The number of aliphatic carboxylic acids is 1. The Bertz CT molecular complexity index is 1320. The van der Waals surface area contributed by atoms with E-state index in [1.807, 2.05) is 6.07 Å². The minimum atomic E-state index is -1.22. The van der Waals surface area contributed by atoms with Gasteiger partial charge in [-0.25, -0.2) is 9.78 Å². The summed E-state index contributed by atoms with van der Waals surface area (Å²) in [5.41, 5.74) is 6.38. The van der Waals surface area contributed by atoms with Crippen molar-refractivity contribution >= 4 is 69.6 Å². The number of carbonyl (C=O) groups is 3. The molecule has 0 radical (unpaired) electrons. The second-order valence-corrected chi connectivity index (χ2v) is 10.1. The van der Waals surface area contributed by atoms with Gasteiger partial charge in [0.1, 0.15) is 22.8 Å². The molecule has 2 aliphatic rings. The van der Waals surface area contributed by atoms with Crippen molar-refractivity contribution in [1.82, 2.24) is 20.2 Å². The average Bonchev–Trinajstić information content (AvgIpc) is 3.30. The molecule has 2 aromatic heterocycles. The van der Waals surface area contributed by atoms with E-state index in [0.717, 1.165) is 16.9 Å². The molecule has 4 heterocycles. The summed E-state index contributed by atoms with van der Waals surface area (Å²) < 4.78 is 0. The Kier molecular flexibility index (Phi) is 7.93. The number of pyridine rings is 1. The second-order valence-electron chi connectivity index (χ2n) is 7.13. The SMILES string of the molecule is C#CCON=C(C(=O)NC1C(=O)N2C(C(=O)O)=C(SC=Cc3cccnc3)CS[C@@H]12)c1csc(N)n1. The van der Waals surface area contributed by atoms with E-state index in [1.54, 1.807) is 29.9 Å². The van der Waals surface area contributed by atoms with Crippen molar-refractivity contribution in [2.24, 2.45) is 5.16 Å². The molecule has 184 valence electrons. The highest BCUT2D eigenvalue weighted by Crippen LogP contribution is 2.43. The number of nitrogens with zero attached hydrogens (tertiary/aromatic N) is 4. The van der Waals surface area contributed by atoms with Crippen LogP contribution in [0.5, 0.6) is 0 Å². The van der Waals surface area contributed by atoms with Crippen LogP contribution in [-0.2, 0) is 19.2 Å². The van der Waals surface area contributed by atoms with Crippen LogP contribution in [0.25, 0.3) is 6.08 Å². The molecule has 2 atom stereocenters. The molecule has 0 saturated carbocycles. The fraction of sp³-hybridized carbons (Fsp3) is 0.182. The van der Waals surface area contributed by atoms with E-state index in [0.29, 0.717) is 10.7 Å². The molecule has 1 fully saturated rings. The fourth-order valence-corrected chi connectivity index (χ4v) is 6.20. The molecule has 1 unspecified atom stereocenters. The first-order valence-corrected chi connectivity index (χ1v) is 13.0. The number of hydrogen-bond donors (Lipinski definition) is 3. The van der Waals surface area contributed by atoms with Gasteiger partial charge in [0.25, 0.3) is 11.8 Å². The van der Waals surface area contributed by atoms with Gasteiger partial charge in [-0.15, -0.1) is 29.5 Å². The van der Waals surface area contributed by atoms with E-state index in [1.165, 1.54) is 33.8 Å². The van der Waals surface area contributed by atoms with Crippen LogP contribution >= 0.6 is 34.9 Å². The van der Waals surface area contributed by atoms with Crippen molar-refractivity contribution in [3.05, 3.63) is 57.2 Å². The molecule has 1 saturated heterocycles. The summed E-state index contributed by atoms with van der Waals surface area (Å²) in [4.78, 5) is 52.6. The number of aromatic nitrogens is 2. The minimum Gasteiger partial charge on any atom is -0.477 e. The van der Waals surface area contributed by atoms with Crippen LogP contribution in [-0.4, -0.2) is 67.2 Å². The number of anilines is 1. The summed E-state index contributed by atoms with van der Waals surface area (Å²) in [7, 11) is 0. The number of fused-ring (bicyclic) bond motifs is 1. The summed E-state index contributed by atoms with van der Waals surface area (Å²) in [6, 6.07) is 2.70. The van der Waals surface area contributed by atoms with Gasteiger partial charge < -0.3 is 21.0 Å². The van der Waals surface area contributed by atoms with E-state index < -0.39 is 29.2 Å². The Balaban J connectivity index is 1.49. The maximum Gasteiger partial charge on any atom is 0.353 e. The molecule has 14 heteroatoms. The van der Waals surface area contributed by atoms with Crippen LogP contribution in [0.4, 0.5) is 5.13 Å². The molecular formula is C22H18N6O5S3. The summed E-state index contributed by atoms with van der Waals surface area (Å²) in [6.07, 6.45) is 10.3. The van der Waals surface area contributed by atoms with Crippen LogP contribution in [0.2, 0.25) is 0 Å². The van der Waals surface area contributed by atoms with Gasteiger partial charge in [0.2, 0.25) is 0 Å². The van der Waals surface area contributed by atoms with Gasteiger partial charge in [0.15, 0.2) is 17.5 Å². The van der Waals surface area contributed by atoms with Crippen LogP contribution in [0.1, 0.15) is 11.3 Å². The molecule has 11 nitrogen and oxygen atoms in total. The summed E-state index contributed by atoms with van der Waals surface area (Å²) >= 11 is 3.67. The predicted octanol–water partition coefficient (Wildman–Crippen LogP) is 1.57. The molecule has 2 aliphatic heterocycles. The molecule has 36 heavy (non-hydrogen) atoms. The smallest absolute Gasteiger partial charge is 0.353 e. The summed E-state index contributed by atoms with van der Waals surface area (Å²) in [6.45, 7) is -0.173. The quantitative estimate of drug-likeness (QED) is 0.140. The number of carbonyl (C=O) groups excluding carboxylic acids is 2. The van der Waals surface area contributed by atoms with Crippen LogP contribution < -0.4 is 11.1 Å². The maximum absolute atomic E-state index is 12.9. The van der Waals surface area contributed by atoms with Crippen molar-refractivity contribution in [3.8, 4) is 12.3 Å². The van der Waals surface area contributed by atoms with Gasteiger partial charge in [-0.05, 0) is 23.1 Å². The lowest BCUT2D eigenvalue weighted by atomic mass is 10.0. The van der Waals surface area contributed by atoms with E-state index in [9.17, 15) is 19.5 Å². The molecule has 2 amide bonds. The van der Waals surface area contributed by atoms with Gasteiger partial charge in [0, 0.05) is 28.4 Å². The Morgan fingerprint density at radius 3 is 3.00 bits per heavy atom. The third kappa shape index (κ3) is 5.38. The van der Waals surface area contributed by atoms with E-state index in [-0.39, 0.29) is 28.8 Å². The van der Waals surface area contributed by atoms with E-state index in [4.69, 9.17) is 17.0 Å². The van der Waals surface area contributed by atoms with E-state index >= 15 is 0 Å². The zero-order valence-electron chi connectivity index (χ0n) is 18.4. The second kappa shape index (κ2) is 11.3. The monoisotopic (exact) mass is 542 g/mol. The molecule has 0 spiro atoms. The summed E-state index contributed by atoms with van der Waals surface area (Å²) in [5, 5.41) is 19.1. The Morgan fingerprint density at radius 2 is 2.33 bits per heavy atom. The number of β-lactam (4-membered cyclic amide) rings is 1. The predicted molar refractivity (Wildman–Crippen MR) is 138 cm³/mol. The molecule has 0 aromatic carbocycles. The van der Waals surface area contributed by atoms with Gasteiger partial charge in [-0.2, -0.15) is 0 Å². The zero-order chi connectivity index (χ0) is 25.7. The first-order valence-electron chi connectivity index (χ1n) is 10.2. The van der Waals surface area contributed by atoms with Crippen LogP contribution in [0, 0.1) is 12.3 Å². The standard InChI is InChI=1S/C22H18N6O5S3/c1-2-7-33-27-15(13-10-36-22(23)25-13)18(29)26-16-19(30)28-17(21(31)32)14(11-35-20(16)28)34-8-5-12-4-3-6-24-9-12/h1,3-6,8-10,16,20H,7,11H2,(H2,23,25)(H,26,29)(H,31,32)/t16?,20-/m0/s1. The van der Waals surface area contributed by atoms with Gasteiger partial charge in [-0.1, -0.05) is 28.9 Å². The highest BCUT2D eigenvalue weighted by Gasteiger charge is 2.54. The fourth-order valence-electron chi connectivity index (χ4n) is 3.30. The number of terminal acetylenes is 1. The zero-order valence-corrected chi connectivity index (χ0v) is 20.8. The number of carboxylic acid groups (broad SMARTS) is 1. The van der Waals surface area contributed by atoms with Crippen LogP contribution in [0.3, 0.4) is 0 Å². The number of oxime groups is 1. The Labute approximate surface area is 217 Å². The Hall–Kier alpha value is -3.80. The van der Waals surface area contributed by atoms with Gasteiger partial charge >= 0.3 is 5.97 Å². The number of nitrogens with one attached hydrogen (secondary N) is 1. The van der Waals surface area contributed by atoms with E-state index in [2.05, 4.69) is 26.4 Å². The average molecular weight is 543 g/mol. The molecule has 4 rings (SSSR count). The highest BCUT2D eigenvalue weighted by atomic mass is 32.2. The van der Waals surface area contributed by atoms with Crippen molar-refractivity contribution in [3.63, 3.8) is 0 Å². The number of hydrogen-bond acceptors (Lipinski definition) is 11. The molecular weight excluding hydrogens is 524 g/mol. The maximum atomic E-state index is 12.9. The number of nitrogens with two attached hydrogens (primary N) is 1. The Morgan fingerprint density at radius 1 is 1.50 bits per heavy atom. The first-order chi connectivity index (χ1) is 17.4. The number of amides is 2. The lowest BCUT2D eigenvalue weighted by molar-refractivity contribution is -0.150. The largest absolute Gasteiger partial charge is 0.477 e. The van der Waals surface area contributed by atoms with Gasteiger partial charge in [-0.3, -0.25) is 19.5 Å². The molecule has 0 aliphatic carbocycles. The van der Waals surface area contributed by atoms with Crippen LogP contribution in [0.15, 0.2) is 51.1 Å². The number of carboxylic acids is 1. The highest BCUT2D eigenvalue weighted by molar-refractivity contribution is 8.08. The molecule has 4 N–H and O–H groups in total. The van der Waals surface area contributed by atoms with Crippen molar-refractivity contribution in [1.29, 1.82) is 0 Å². The lowest BCUT2D eigenvalue weighted by Gasteiger charge is -2.49. The molecule has 0 bridgehead atoms. The van der Waals surface area contributed by atoms with Crippen molar-refractivity contribution in [2.75, 3.05) is 18.1 Å². The minimum absolute atomic E-state index is 0.103. The third-order valence-corrected chi connectivity index (χ3v) is 7.89. The van der Waals surface area contributed by atoms with Gasteiger partial charge in [0.05, 0.1) is 0 Å². The third-order valence-electron chi connectivity index (χ3n) is 4.86. The topological polar surface area (TPSA) is 160 Å². The first kappa shape index (κ1) is 25.3. The number of thioether (sulfide) groups is 2. The van der Waals surface area contributed by atoms with Crippen molar-refractivity contribution in [2.45, 2.75) is 11.4 Å².